The van der Waals surface area contributed by atoms with Crippen LogP contribution in [0.1, 0.15) is 51.4 Å². The van der Waals surface area contributed by atoms with Crippen LogP contribution in [0.25, 0.3) is 5.76 Å². The highest BCUT2D eigenvalue weighted by Gasteiger charge is 2.48. The number of ketones is 1. The maximum absolute atomic E-state index is 13.4. The zero-order valence-corrected chi connectivity index (χ0v) is 23.3. The van der Waals surface area contributed by atoms with Crippen molar-refractivity contribution in [1.29, 1.82) is 0 Å². The van der Waals surface area contributed by atoms with Crippen LogP contribution in [0.4, 0.5) is 5.13 Å². The second-order valence-electron chi connectivity index (χ2n) is 8.85. The van der Waals surface area contributed by atoms with E-state index in [0.29, 0.717) is 34.2 Å². The summed E-state index contributed by atoms with van der Waals surface area (Å²) in [5.74, 6) is -2.04. The summed E-state index contributed by atoms with van der Waals surface area (Å²) < 4.78 is 10.9. The number of ether oxygens (including phenoxy) is 2. The molecule has 1 aliphatic heterocycles. The number of hydrogen-bond donors (Lipinski definition) is 1. The maximum Gasteiger partial charge on any atom is 0.350 e. The lowest BCUT2D eigenvalue weighted by atomic mass is 9.95. The van der Waals surface area contributed by atoms with E-state index in [4.69, 9.17) is 21.1 Å². The molecule has 1 unspecified atom stereocenters. The number of rotatable bonds is 9. The predicted octanol–water partition coefficient (Wildman–Crippen LogP) is 6.17. The van der Waals surface area contributed by atoms with Gasteiger partial charge in [-0.25, -0.2) is 9.78 Å². The molecule has 0 bridgehead atoms. The van der Waals surface area contributed by atoms with Gasteiger partial charge in [0, 0.05) is 10.6 Å². The number of anilines is 1. The van der Waals surface area contributed by atoms with E-state index in [0.717, 1.165) is 23.3 Å². The van der Waals surface area contributed by atoms with Crippen LogP contribution >= 0.6 is 22.9 Å². The molecular formula is C29H27ClN2O6S. The van der Waals surface area contributed by atoms with Crippen molar-refractivity contribution < 1.29 is 29.0 Å². The zero-order valence-electron chi connectivity index (χ0n) is 21.7. The van der Waals surface area contributed by atoms with Crippen molar-refractivity contribution in [1.82, 2.24) is 4.98 Å². The SMILES string of the molecule is C=CCOC(=O)c1sc(N2C(=O)C(=O)C(=C(O)c3ccc(OCCC)c(C)c3)C2c2ccc(Cl)cc2)nc1C. The number of halogens is 1. The van der Waals surface area contributed by atoms with Gasteiger partial charge in [-0.05, 0) is 61.7 Å². The molecule has 0 saturated carbocycles. The van der Waals surface area contributed by atoms with Gasteiger partial charge in [-0.2, -0.15) is 0 Å². The minimum Gasteiger partial charge on any atom is -0.507 e. The number of aromatic nitrogens is 1. The topological polar surface area (TPSA) is 106 Å². The number of carbonyl (C=O) groups is 3. The van der Waals surface area contributed by atoms with Gasteiger partial charge in [0.25, 0.3) is 5.78 Å². The number of Topliss-reactive ketones (excluding diaryl/α,β-unsaturated/α-hetero) is 1. The summed E-state index contributed by atoms with van der Waals surface area (Å²) in [5, 5.41) is 12.0. The fourth-order valence-electron chi connectivity index (χ4n) is 4.19. The highest BCUT2D eigenvalue weighted by atomic mass is 35.5. The molecule has 8 nitrogen and oxygen atoms in total. The minimum absolute atomic E-state index is 0.0164. The number of aryl methyl sites for hydroxylation is 2. The Hall–Kier alpha value is -3.95. The van der Waals surface area contributed by atoms with Crippen molar-refractivity contribution in [2.24, 2.45) is 0 Å². The number of nitrogens with zero attached hydrogens (tertiary/aromatic N) is 2. The van der Waals surface area contributed by atoms with E-state index in [1.54, 1.807) is 49.4 Å². The summed E-state index contributed by atoms with van der Waals surface area (Å²) >= 11 is 7.03. The Balaban J connectivity index is 1.85. The Kier molecular flexibility index (Phi) is 8.52. The van der Waals surface area contributed by atoms with E-state index in [1.807, 2.05) is 13.8 Å². The molecule has 0 radical (unpaired) electrons. The summed E-state index contributed by atoms with van der Waals surface area (Å²) in [5.41, 5.74) is 1.90. The van der Waals surface area contributed by atoms with Crippen molar-refractivity contribution in [2.75, 3.05) is 18.1 Å². The smallest absolute Gasteiger partial charge is 0.350 e. The molecule has 2 aromatic carbocycles. The number of aliphatic hydroxyl groups excluding tert-OH is 1. The van der Waals surface area contributed by atoms with Crippen molar-refractivity contribution in [3.63, 3.8) is 0 Å². The van der Waals surface area contributed by atoms with Crippen LogP contribution in [0, 0.1) is 13.8 Å². The van der Waals surface area contributed by atoms with Crippen molar-refractivity contribution in [3.8, 4) is 5.75 Å². The summed E-state index contributed by atoms with van der Waals surface area (Å²) in [6.45, 7) is 9.55. The quantitative estimate of drug-likeness (QED) is 0.108. The zero-order chi connectivity index (χ0) is 28.3. The highest BCUT2D eigenvalue weighted by molar-refractivity contribution is 7.17. The average Bonchev–Trinajstić information content (AvgIpc) is 3.43. The molecule has 3 aromatic rings. The largest absolute Gasteiger partial charge is 0.507 e. The Morgan fingerprint density at radius 3 is 2.56 bits per heavy atom. The molecule has 1 fully saturated rings. The van der Waals surface area contributed by atoms with Crippen molar-refractivity contribution in [2.45, 2.75) is 33.2 Å². The Morgan fingerprint density at radius 2 is 1.92 bits per heavy atom. The van der Waals surface area contributed by atoms with E-state index in [9.17, 15) is 19.5 Å². The van der Waals surface area contributed by atoms with Gasteiger partial charge >= 0.3 is 11.9 Å². The number of amides is 1. The number of esters is 1. The molecule has 2 heterocycles. The van der Waals surface area contributed by atoms with Gasteiger partial charge < -0.3 is 14.6 Å². The second kappa shape index (κ2) is 11.8. The fourth-order valence-corrected chi connectivity index (χ4v) is 5.30. The van der Waals surface area contributed by atoms with Crippen LogP contribution in [0.5, 0.6) is 5.75 Å². The summed E-state index contributed by atoms with van der Waals surface area (Å²) in [7, 11) is 0. The molecule has 1 atom stereocenters. The first-order valence-corrected chi connectivity index (χ1v) is 13.4. The molecule has 202 valence electrons. The third kappa shape index (κ3) is 5.60. The fraction of sp³-hybridized carbons (Fsp3) is 0.241. The molecule has 1 N–H and O–H groups in total. The van der Waals surface area contributed by atoms with Crippen LogP contribution in [-0.4, -0.2) is 41.0 Å². The second-order valence-corrected chi connectivity index (χ2v) is 10.3. The van der Waals surface area contributed by atoms with Gasteiger partial charge in [-0.3, -0.25) is 14.5 Å². The summed E-state index contributed by atoms with van der Waals surface area (Å²) in [6.07, 6.45) is 2.29. The van der Waals surface area contributed by atoms with Crippen LogP contribution < -0.4 is 9.64 Å². The number of hydrogen-bond acceptors (Lipinski definition) is 8. The maximum atomic E-state index is 13.4. The van der Waals surface area contributed by atoms with Gasteiger partial charge in [0.1, 0.15) is 23.0 Å². The highest BCUT2D eigenvalue weighted by Crippen LogP contribution is 2.44. The van der Waals surface area contributed by atoms with E-state index >= 15 is 0 Å². The molecule has 39 heavy (non-hydrogen) atoms. The van der Waals surface area contributed by atoms with Gasteiger partial charge in [0.15, 0.2) is 5.13 Å². The number of carbonyl (C=O) groups excluding carboxylic acids is 3. The number of aliphatic hydroxyl groups is 1. The lowest BCUT2D eigenvalue weighted by Crippen LogP contribution is -2.29. The molecule has 1 aliphatic rings. The van der Waals surface area contributed by atoms with Gasteiger partial charge in [-0.15, -0.1) is 0 Å². The Bertz CT molecular complexity index is 1480. The molecule has 0 spiro atoms. The van der Waals surface area contributed by atoms with E-state index in [2.05, 4.69) is 11.6 Å². The van der Waals surface area contributed by atoms with Crippen LogP contribution in [-0.2, 0) is 14.3 Å². The van der Waals surface area contributed by atoms with Gasteiger partial charge in [-0.1, -0.05) is 54.6 Å². The summed E-state index contributed by atoms with van der Waals surface area (Å²) in [6, 6.07) is 10.7. The number of benzene rings is 2. The molecule has 1 saturated heterocycles. The predicted molar refractivity (Wildman–Crippen MR) is 151 cm³/mol. The first-order valence-electron chi connectivity index (χ1n) is 12.2. The van der Waals surface area contributed by atoms with E-state index in [1.165, 1.54) is 11.0 Å². The van der Waals surface area contributed by atoms with Crippen molar-refractivity contribution >= 4 is 51.5 Å². The first kappa shape index (κ1) is 28.1. The van der Waals surface area contributed by atoms with Crippen LogP contribution in [0.15, 0.2) is 60.7 Å². The Morgan fingerprint density at radius 1 is 1.21 bits per heavy atom. The minimum atomic E-state index is -1.01. The van der Waals surface area contributed by atoms with Crippen LogP contribution in [0.3, 0.4) is 0 Å². The first-order chi connectivity index (χ1) is 18.7. The molecule has 10 heteroatoms. The van der Waals surface area contributed by atoms with Crippen LogP contribution in [0.2, 0.25) is 5.02 Å². The van der Waals surface area contributed by atoms with E-state index < -0.39 is 23.7 Å². The molecular weight excluding hydrogens is 540 g/mol. The third-order valence-corrected chi connectivity index (χ3v) is 7.44. The van der Waals surface area contributed by atoms with E-state index in [-0.39, 0.29) is 27.9 Å². The Labute approximate surface area is 235 Å². The normalized spacial score (nSPS) is 16.4. The van der Waals surface area contributed by atoms with Crippen molar-refractivity contribution in [3.05, 3.63) is 93.0 Å². The third-order valence-electron chi connectivity index (χ3n) is 6.05. The monoisotopic (exact) mass is 566 g/mol. The van der Waals surface area contributed by atoms with Gasteiger partial charge in [0.05, 0.1) is 23.9 Å². The molecule has 1 aromatic heterocycles. The lowest BCUT2D eigenvalue weighted by Gasteiger charge is -2.23. The molecule has 1 amide bonds. The number of thiazole rings is 1. The molecule has 0 aliphatic carbocycles. The standard InChI is InChI=1S/C29H27ClN2O6S/c1-5-13-37-21-12-9-19(15-16(21)3)24(33)22-23(18-7-10-20(30)11-8-18)32(27(35)25(22)34)29-31-17(4)26(39-29)28(36)38-14-6-2/h6-12,15,23,33H,2,5,13-14H2,1,3-4H3. The van der Waals surface area contributed by atoms with Gasteiger partial charge in [0.2, 0.25) is 0 Å². The summed E-state index contributed by atoms with van der Waals surface area (Å²) in [4.78, 5) is 45.2. The molecule has 4 rings (SSSR count). The lowest BCUT2D eigenvalue weighted by molar-refractivity contribution is -0.132. The average molecular weight is 567 g/mol.